The zero-order valence-electron chi connectivity index (χ0n) is 20.5. The number of H-pyrrole nitrogens is 1. The molecule has 1 saturated heterocycles. The Kier molecular flexibility index (Phi) is 6.41. The highest BCUT2D eigenvalue weighted by Gasteiger charge is 2.39. The second-order valence-electron chi connectivity index (χ2n) is 11.0. The molecule has 1 N–H and O–H groups in total. The van der Waals surface area contributed by atoms with Gasteiger partial charge in [-0.15, -0.1) is 11.3 Å². The number of hydrogen-bond donors (Lipinski definition) is 1. The Labute approximate surface area is 202 Å². The van der Waals surface area contributed by atoms with Gasteiger partial charge >= 0.3 is 0 Å². The number of nitrogens with zero attached hydrogens (tertiary/aromatic N) is 2. The van der Waals surface area contributed by atoms with Crippen molar-refractivity contribution in [3.05, 3.63) is 57.4 Å². The highest BCUT2D eigenvalue weighted by atomic mass is 32.1. The molecule has 178 valence electrons. The summed E-state index contributed by atoms with van der Waals surface area (Å²) in [5, 5.41) is 1.32. The minimum Gasteiger partial charge on any atom is -0.357 e. The number of aromatic amines is 1. The van der Waals surface area contributed by atoms with Crippen LogP contribution in [0.1, 0.15) is 67.6 Å². The zero-order valence-corrected chi connectivity index (χ0v) is 21.4. The molecule has 0 radical (unpaired) electrons. The topological polar surface area (TPSA) is 22.3 Å². The summed E-state index contributed by atoms with van der Waals surface area (Å²) in [4.78, 5) is 11.5. The third-order valence-corrected chi connectivity index (χ3v) is 8.63. The Morgan fingerprint density at radius 3 is 2.73 bits per heavy atom. The van der Waals surface area contributed by atoms with Crippen molar-refractivity contribution in [3.63, 3.8) is 0 Å². The van der Waals surface area contributed by atoms with Crippen molar-refractivity contribution in [2.24, 2.45) is 5.92 Å². The average molecular weight is 468 g/mol. The second kappa shape index (κ2) is 9.16. The van der Waals surface area contributed by atoms with Crippen molar-refractivity contribution < 1.29 is 4.39 Å². The SMILES string of the molecule is C[C@@H]1CCN(CCCc2ccc([C@@H]3c4[nH]c5ccccc5c4C[C@@H](C)N3CC(C)(C)F)s2)C1. The number of thiophene rings is 1. The fraction of sp³-hybridized carbons (Fsp3) is 0.571. The van der Waals surface area contributed by atoms with Crippen LogP contribution in [0.2, 0.25) is 0 Å². The number of hydrogen-bond acceptors (Lipinski definition) is 3. The van der Waals surface area contributed by atoms with Crippen LogP contribution in [0.15, 0.2) is 36.4 Å². The number of likely N-dealkylation sites (tertiary alicyclic amines) is 1. The van der Waals surface area contributed by atoms with Gasteiger partial charge in [-0.1, -0.05) is 25.1 Å². The summed E-state index contributed by atoms with van der Waals surface area (Å²) in [7, 11) is 0. The molecule has 0 spiro atoms. The highest BCUT2D eigenvalue weighted by molar-refractivity contribution is 7.12. The van der Waals surface area contributed by atoms with E-state index >= 15 is 0 Å². The molecule has 3 aromatic rings. The van der Waals surface area contributed by atoms with Gasteiger partial charge in [0.05, 0.1) is 6.04 Å². The molecule has 1 aromatic carbocycles. The first kappa shape index (κ1) is 23.1. The fourth-order valence-corrected chi connectivity index (χ4v) is 7.06. The van der Waals surface area contributed by atoms with Gasteiger partial charge in [0.1, 0.15) is 5.67 Å². The van der Waals surface area contributed by atoms with Crippen molar-refractivity contribution in [2.75, 3.05) is 26.2 Å². The van der Waals surface area contributed by atoms with Gasteiger partial charge in [-0.2, -0.15) is 0 Å². The molecule has 0 bridgehead atoms. The van der Waals surface area contributed by atoms with Crippen molar-refractivity contribution in [2.45, 2.75) is 71.1 Å². The van der Waals surface area contributed by atoms with Crippen LogP contribution in [0, 0.1) is 5.92 Å². The van der Waals surface area contributed by atoms with E-state index in [-0.39, 0.29) is 6.04 Å². The Morgan fingerprint density at radius 2 is 1.97 bits per heavy atom. The third kappa shape index (κ3) is 4.91. The molecule has 0 amide bonds. The number of rotatable bonds is 7. The van der Waals surface area contributed by atoms with Gasteiger partial charge in [-0.05, 0) is 89.2 Å². The quantitative estimate of drug-likeness (QED) is 0.423. The molecule has 2 aliphatic rings. The number of benzene rings is 1. The van der Waals surface area contributed by atoms with Crippen LogP contribution in [0.4, 0.5) is 4.39 Å². The predicted molar refractivity (Wildman–Crippen MR) is 138 cm³/mol. The number of nitrogens with one attached hydrogen (secondary N) is 1. The largest absolute Gasteiger partial charge is 0.357 e. The summed E-state index contributed by atoms with van der Waals surface area (Å²) in [6.45, 7) is 12.2. The normalized spacial score (nSPS) is 24.6. The van der Waals surface area contributed by atoms with E-state index in [4.69, 9.17) is 0 Å². The van der Waals surface area contributed by atoms with E-state index in [2.05, 4.69) is 65.0 Å². The fourth-order valence-electron chi connectivity index (χ4n) is 5.88. The molecule has 3 atom stereocenters. The van der Waals surface area contributed by atoms with Gasteiger partial charge in [0.25, 0.3) is 0 Å². The first-order valence-corrected chi connectivity index (χ1v) is 13.5. The summed E-state index contributed by atoms with van der Waals surface area (Å²) < 4.78 is 14.9. The number of alkyl halides is 1. The van der Waals surface area contributed by atoms with Gasteiger partial charge in [-0.3, -0.25) is 4.90 Å². The number of fused-ring (bicyclic) bond motifs is 3. The Balaban J connectivity index is 1.41. The molecule has 4 heterocycles. The molecular formula is C28H38FN3S. The molecule has 0 aliphatic carbocycles. The molecule has 3 nitrogen and oxygen atoms in total. The predicted octanol–water partition coefficient (Wildman–Crippen LogP) is 6.59. The first-order chi connectivity index (χ1) is 15.8. The van der Waals surface area contributed by atoms with Crippen LogP contribution >= 0.6 is 11.3 Å². The van der Waals surface area contributed by atoms with Crippen molar-refractivity contribution in [1.82, 2.24) is 14.8 Å². The van der Waals surface area contributed by atoms with Crippen molar-refractivity contribution >= 4 is 22.2 Å². The Bertz CT molecular complexity index is 1090. The molecule has 5 heteroatoms. The van der Waals surface area contributed by atoms with E-state index in [1.165, 1.54) is 64.4 Å². The lowest BCUT2D eigenvalue weighted by Crippen LogP contribution is -2.47. The van der Waals surface area contributed by atoms with Crippen LogP contribution in [-0.4, -0.2) is 52.7 Å². The maximum Gasteiger partial charge on any atom is 0.118 e. The van der Waals surface area contributed by atoms with E-state index < -0.39 is 5.67 Å². The van der Waals surface area contributed by atoms with E-state index in [0.717, 1.165) is 18.8 Å². The number of para-hydroxylation sites is 1. The number of aryl methyl sites for hydroxylation is 1. The molecule has 2 aromatic heterocycles. The Morgan fingerprint density at radius 1 is 1.15 bits per heavy atom. The van der Waals surface area contributed by atoms with Crippen molar-refractivity contribution in [1.29, 1.82) is 0 Å². The van der Waals surface area contributed by atoms with Gasteiger partial charge in [0, 0.05) is 45.5 Å². The van der Waals surface area contributed by atoms with Crippen LogP contribution in [0.3, 0.4) is 0 Å². The summed E-state index contributed by atoms with van der Waals surface area (Å²) >= 11 is 1.93. The van der Waals surface area contributed by atoms with Gasteiger partial charge in [-0.25, -0.2) is 4.39 Å². The van der Waals surface area contributed by atoms with Gasteiger partial charge < -0.3 is 9.88 Å². The minimum atomic E-state index is -1.23. The summed E-state index contributed by atoms with van der Waals surface area (Å²) in [5.74, 6) is 0.850. The maximum absolute atomic E-state index is 14.9. The molecular weight excluding hydrogens is 429 g/mol. The second-order valence-corrected chi connectivity index (χ2v) is 12.2. The van der Waals surface area contributed by atoms with E-state index in [1.54, 1.807) is 13.8 Å². The number of halogens is 1. The summed E-state index contributed by atoms with van der Waals surface area (Å²) in [5.41, 5.74) is 2.63. The van der Waals surface area contributed by atoms with Crippen molar-refractivity contribution in [3.8, 4) is 0 Å². The van der Waals surface area contributed by atoms with Gasteiger partial charge in [0.15, 0.2) is 0 Å². The van der Waals surface area contributed by atoms with Crippen LogP contribution < -0.4 is 0 Å². The van der Waals surface area contributed by atoms with Crippen LogP contribution in [0.25, 0.3) is 10.9 Å². The minimum absolute atomic E-state index is 0.0874. The molecule has 33 heavy (non-hydrogen) atoms. The van der Waals surface area contributed by atoms with Gasteiger partial charge in [0.2, 0.25) is 0 Å². The van der Waals surface area contributed by atoms with Crippen LogP contribution in [-0.2, 0) is 12.8 Å². The zero-order chi connectivity index (χ0) is 23.2. The lowest BCUT2D eigenvalue weighted by atomic mass is 9.90. The van der Waals surface area contributed by atoms with E-state index in [0.29, 0.717) is 12.6 Å². The molecule has 2 aliphatic heterocycles. The standard InChI is InChI=1S/C28H38FN3S/c1-19-13-15-31(17-19)14-7-8-21-11-12-25(33-21)27-26-23(22-9-5-6-10-24(22)30-26)16-20(2)32(27)18-28(3,4)29/h5-6,9-12,19-20,27,30H,7-8,13-18H2,1-4H3/t19-,20-,27-/m1/s1. The van der Waals surface area contributed by atoms with E-state index in [9.17, 15) is 4.39 Å². The summed E-state index contributed by atoms with van der Waals surface area (Å²) in [6, 6.07) is 13.6. The monoisotopic (exact) mass is 467 g/mol. The molecule has 0 unspecified atom stereocenters. The summed E-state index contributed by atoms with van der Waals surface area (Å²) in [6.07, 6.45) is 4.65. The Hall–Kier alpha value is -1.69. The van der Waals surface area contributed by atoms with Crippen LogP contribution in [0.5, 0.6) is 0 Å². The lowest BCUT2D eigenvalue weighted by molar-refractivity contribution is 0.0679. The average Bonchev–Trinajstić information content (AvgIpc) is 3.47. The molecule has 5 rings (SSSR count). The molecule has 1 fully saturated rings. The number of aromatic nitrogens is 1. The highest BCUT2D eigenvalue weighted by Crippen LogP contribution is 2.43. The van der Waals surface area contributed by atoms with E-state index in [1.807, 2.05) is 11.3 Å². The smallest absolute Gasteiger partial charge is 0.118 e. The lowest BCUT2D eigenvalue weighted by Gasteiger charge is -2.42. The third-order valence-electron chi connectivity index (χ3n) is 7.43. The molecule has 0 saturated carbocycles. The first-order valence-electron chi connectivity index (χ1n) is 12.6. The maximum atomic E-state index is 14.9.